The van der Waals surface area contributed by atoms with Crippen LogP contribution in [0.25, 0.3) is 10.9 Å². The van der Waals surface area contributed by atoms with E-state index in [1.165, 1.54) is 0 Å². The Bertz CT molecular complexity index is 367. The second-order valence-electron chi connectivity index (χ2n) is 2.33. The number of fused-ring (bicyclic) bond motifs is 1. The van der Waals surface area contributed by atoms with Crippen molar-refractivity contribution in [2.24, 2.45) is 0 Å². The highest BCUT2D eigenvalue weighted by Gasteiger charge is 1.99. The lowest BCUT2D eigenvalue weighted by atomic mass is 10.2. The van der Waals surface area contributed by atoms with Crippen LogP contribution in [0.1, 0.15) is 5.69 Å². The normalized spacial score (nSPS) is 10.6. The molecule has 3 heteroatoms. The van der Waals surface area contributed by atoms with Crippen molar-refractivity contribution in [2.75, 3.05) is 0 Å². The first-order valence-electron chi connectivity index (χ1n) is 3.39. The molecule has 2 aromatic heterocycles. The van der Waals surface area contributed by atoms with Crippen molar-refractivity contribution in [1.82, 2.24) is 9.97 Å². The number of H-pyrrole nitrogens is 1. The lowest BCUT2D eigenvalue weighted by molar-refractivity contribution is 1.20. The van der Waals surface area contributed by atoms with E-state index < -0.39 is 0 Å². The number of hydrogen-bond acceptors (Lipinski definition) is 1. The molecule has 0 radical (unpaired) electrons. The van der Waals surface area contributed by atoms with Gasteiger partial charge in [-0.2, -0.15) is 0 Å². The molecule has 0 unspecified atom stereocenters. The molecule has 0 aromatic carbocycles. The minimum absolute atomic E-state index is 0.467. The SMILES string of the molecule is ClCc1nccc2[nH]ccc12. The van der Waals surface area contributed by atoms with Crippen LogP contribution in [0.3, 0.4) is 0 Å². The summed E-state index contributed by atoms with van der Waals surface area (Å²) in [5.41, 5.74) is 2.03. The molecule has 2 aromatic rings. The summed E-state index contributed by atoms with van der Waals surface area (Å²) in [4.78, 5) is 7.24. The summed E-state index contributed by atoms with van der Waals surface area (Å²) >= 11 is 5.69. The van der Waals surface area contributed by atoms with Gasteiger partial charge in [0.05, 0.1) is 11.6 Å². The molecule has 0 amide bonds. The molecule has 2 heterocycles. The highest BCUT2D eigenvalue weighted by Crippen LogP contribution is 2.15. The Morgan fingerprint density at radius 1 is 1.45 bits per heavy atom. The molecule has 0 atom stereocenters. The number of rotatable bonds is 1. The number of nitrogens with zero attached hydrogens (tertiary/aromatic N) is 1. The summed E-state index contributed by atoms with van der Waals surface area (Å²) in [5.74, 6) is 0.467. The van der Waals surface area contributed by atoms with E-state index in [4.69, 9.17) is 11.6 Å². The van der Waals surface area contributed by atoms with Gasteiger partial charge < -0.3 is 4.98 Å². The van der Waals surface area contributed by atoms with Crippen LogP contribution in [-0.4, -0.2) is 9.97 Å². The fraction of sp³-hybridized carbons (Fsp3) is 0.125. The molecule has 0 aliphatic carbocycles. The molecular weight excluding hydrogens is 160 g/mol. The van der Waals surface area contributed by atoms with Crippen molar-refractivity contribution in [2.45, 2.75) is 5.88 Å². The summed E-state index contributed by atoms with van der Waals surface area (Å²) in [6.07, 6.45) is 3.65. The van der Waals surface area contributed by atoms with E-state index in [0.29, 0.717) is 5.88 Å². The zero-order valence-corrected chi connectivity index (χ0v) is 6.60. The van der Waals surface area contributed by atoms with Crippen molar-refractivity contribution < 1.29 is 0 Å². The van der Waals surface area contributed by atoms with E-state index in [-0.39, 0.29) is 0 Å². The molecule has 0 spiro atoms. The second-order valence-corrected chi connectivity index (χ2v) is 2.60. The molecule has 0 aliphatic heterocycles. The van der Waals surface area contributed by atoms with Gasteiger partial charge in [0, 0.05) is 23.3 Å². The van der Waals surface area contributed by atoms with Crippen molar-refractivity contribution in [3.63, 3.8) is 0 Å². The molecule has 0 saturated carbocycles. The van der Waals surface area contributed by atoms with E-state index in [1.807, 2.05) is 18.3 Å². The van der Waals surface area contributed by atoms with Crippen LogP contribution in [0.2, 0.25) is 0 Å². The van der Waals surface area contributed by atoms with E-state index in [0.717, 1.165) is 16.6 Å². The average Bonchev–Trinajstić information content (AvgIpc) is 2.50. The molecule has 0 fully saturated rings. The summed E-state index contributed by atoms with van der Waals surface area (Å²) < 4.78 is 0. The van der Waals surface area contributed by atoms with Gasteiger partial charge in [-0.1, -0.05) is 0 Å². The minimum atomic E-state index is 0.467. The van der Waals surface area contributed by atoms with Gasteiger partial charge in [-0.3, -0.25) is 4.98 Å². The fourth-order valence-electron chi connectivity index (χ4n) is 1.15. The summed E-state index contributed by atoms with van der Waals surface area (Å²) in [5, 5.41) is 1.11. The number of aromatic amines is 1. The van der Waals surface area contributed by atoms with Gasteiger partial charge in [0.25, 0.3) is 0 Å². The molecule has 11 heavy (non-hydrogen) atoms. The number of nitrogens with one attached hydrogen (secondary N) is 1. The molecule has 2 rings (SSSR count). The van der Waals surface area contributed by atoms with Gasteiger partial charge >= 0.3 is 0 Å². The van der Waals surface area contributed by atoms with Gasteiger partial charge in [-0.05, 0) is 12.1 Å². The quantitative estimate of drug-likeness (QED) is 0.647. The third-order valence-electron chi connectivity index (χ3n) is 1.69. The van der Waals surface area contributed by atoms with Gasteiger partial charge in [-0.25, -0.2) is 0 Å². The monoisotopic (exact) mass is 166 g/mol. The van der Waals surface area contributed by atoms with Crippen LogP contribution in [0.4, 0.5) is 0 Å². The third kappa shape index (κ3) is 0.994. The van der Waals surface area contributed by atoms with Crippen LogP contribution in [0.15, 0.2) is 24.5 Å². The number of aromatic nitrogens is 2. The molecule has 0 bridgehead atoms. The Balaban J connectivity index is 2.79. The van der Waals surface area contributed by atoms with Crippen LogP contribution >= 0.6 is 11.6 Å². The predicted molar refractivity (Wildman–Crippen MR) is 45.7 cm³/mol. The number of pyridine rings is 1. The first kappa shape index (κ1) is 6.68. The first-order valence-corrected chi connectivity index (χ1v) is 3.92. The van der Waals surface area contributed by atoms with E-state index in [2.05, 4.69) is 9.97 Å². The highest BCUT2D eigenvalue weighted by atomic mass is 35.5. The topological polar surface area (TPSA) is 28.7 Å². The maximum atomic E-state index is 5.69. The summed E-state index contributed by atoms with van der Waals surface area (Å²) in [6.45, 7) is 0. The second kappa shape index (κ2) is 2.55. The minimum Gasteiger partial charge on any atom is -0.361 e. The number of alkyl halides is 1. The lowest BCUT2D eigenvalue weighted by Crippen LogP contribution is -1.83. The van der Waals surface area contributed by atoms with Gasteiger partial charge in [0.2, 0.25) is 0 Å². The van der Waals surface area contributed by atoms with E-state index in [1.54, 1.807) is 6.20 Å². The highest BCUT2D eigenvalue weighted by molar-refractivity contribution is 6.17. The van der Waals surface area contributed by atoms with Crippen molar-refractivity contribution in [1.29, 1.82) is 0 Å². The zero-order chi connectivity index (χ0) is 7.68. The molecule has 0 aliphatic rings. The van der Waals surface area contributed by atoms with Crippen molar-refractivity contribution in [3.05, 3.63) is 30.2 Å². The van der Waals surface area contributed by atoms with Crippen molar-refractivity contribution in [3.8, 4) is 0 Å². The Kier molecular flexibility index (Phi) is 1.55. The van der Waals surface area contributed by atoms with Gasteiger partial charge in [-0.15, -0.1) is 11.6 Å². The Hall–Kier alpha value is -1.02. The van der Waals surface area contributed by atoms with Gasteiger partial charge in [0.1, 0.15) is 0 Å². The van der Waals surface area contributed by atoms with Gasteiger partial charge in [0.15, 0.2) is 0 Å². The Labute approximate surface area is 69.2 Å². The van der Waals surface area contributed by atoms with Crippen LogP contribution in [0.5, 0.6) is 0 Å². The Morgan fingerprint density at radius 3 is 3.18 bits per heavy atom. The maximum Gasteiger partial charge on any atom is 0.0654 e. The molecule has 56 valence electrons. The number of hydrogen-bond donors (Lipinski definition) is 1. The van der Waals surface area contributed by atoms with Crippen molar-refractivity contribution >= 4 is 22.5 Å². The van der Waals surface area contributed by atoms with Crippen LogP contribution in [-0.2, 0) is 5.88 Å². The molecule has 1 N–H and O–H groups in total. The largest absolute Gasteiger partial charge is 0.361 e. The smallest absolute Gasteiger partial charge is 0.0654 e. The summed E-state index contributed by atoms with van der Waals surface area (Å²) in [6, 6.07) is 3.92. The fourth-order valence-corrected chi connectivity index (χ4v) is 1.36. The molecule has 2 nitrogen and oxygen atoms in total. The van der Waals surface area contributed by atoms with E-state index in [9.17, 15) is 0 Å². The predicted octanol–water partition coefficient (Wildman–Crippen LogP) is 2.30. The Morgan fingerprint density at radius 2 is 2.36 bits per heavy atom. The third-order valence-corrected chi connectivity index (χ3v) is 1.94. The van der Waals surface area contributed by atoms with Crippen LogP contribution in [0, 0.1) is 0 Å². The maximum absolute atomic E-state index is 5.69. The van der Waals surface area contributed by atoms with E-state index >= 15 is 0 Å². The van der Waals surface area contributed by atoms with Crippen LogP contribution < -0.4 is 0 Å². The first-order chi connectivity index (χ1) is 5.42. The number of halogens is 1. The molecule has 0 saturated heterocycles. The zero-order valence-electron chi connectivity index (χ0n) is 5.84. The molecular formula is C8H7ClN2. The lowest BCUT2D eigenvalue weighted by Gasteiger charge is -1.94. The standard InChI is InChI=1S/C8H7ClN2/c9-5-8-6-1-3-10-7(6)2-4-11-8/h1-4,10H,5H2. The average molecular weight is 167 g/mol. The summed E-state index contributed by atoms with van der Waals surface area (Å²) in [7, 11) is 0.